The van der Waals surface area contributed by atoms with E-state index in [0.717, 1.165) is 17.4 Å². The molecule has 1 N–H and O–H groups in total. The monoisotopic (exact) mass is 502 g/mol. The molecule has 1 fully saturated rings. The van der Waals surface area contributed by atoms with Gasteiger partial charge in [-0.1, -0.05) is 11.6 Å². The lowest BCUT2D eigenvalue weighted by atomic mass is 10.1. The molecular weight excluding hydrogens is 475 g/mol. The molecule has 1 saturated heterocycles. The number of aromatic nitrogens is 4. The summed E-state index contributed by atoms with van der Waals surface area (Å²) >= 11 is 5.96. The van der Waals surface area contributed by atoms with Crippen LogP contribution in [-0.2, 0) is 9.47 Å². The Morgan fingerprint density at radius 3 is 2.63 bits per heavy atom. The molecule has 1 aromatic carbocycles. The van der Waals surface area contributed by atoms with E-state index in [9.17, 15) is 9.18 Å². The first-order valence-corrected chi connectivity index (χ1v) is 11.6. The van der Waals surface area contributed by atoms with Gasteiger partial charge in [0, 0.05) is 16.8 Å². The van der Waals surface area contributed by atoms with E-state index in [4.69, 9.17) is 21.1 Å². The van der Waals surface area contributed by atoms with Crippen LogP contribution < -0.4 is 10.2 Å². The Labute approximate surface area is 208 Å². The molecule has 0 unspecified atom stereocenters. The summed E-state index contributed by atoms with van der Waals surface area (Å²) < 4.78 is 27.7. The molecule has 3 atom stereocenters. The minimum Gasteiger partial charge on any atom is -0.447 e. The maximum Gasteiger partial charge on any atom is 0.416 e. The van der Waals surface area contributed by atoms with Gasteiger partial charge in [0.15, 0.2) is 11.6 Å². The van der Waals surface area contributed by atoms with Crippen LogP contribution in [0.5, 0.6) is 0 Å². The first-order valence-electron chi connectivity index (χ1n) is 11.3. The second kappa shape index (κ2) is 9.79. The Hall–Kier alpha value is -3.24. The van der Waals surface area contributed by atoms with Crippen LogP contribution >= 0.6 is 11.6 Å². The van der Waals surface area contributed by atoms with Gasteiger partial charge in [0.1, 0.15) is 12.6 Å². The van der Waals surface area contributed by atoms with E-state index in [0.29, 0.717) is 5.02 Å². The van der Waals surface area contributed by atoms with Gasteiger partial charge < -0.3 is 14.8 Å². The van der Waals surface area contributed by atoms with E-state index in [-0.39, 0.29) is 24.4 Å². The number of halogens is 2. The maximum atomic E-state index is 14.8. The highest BCUT2D eigenvalue weighted by molar-refractivity contribution is 6.30. The normalized spacial score (nSPS) is 17.9. The van der Waals surface area contributed by atoms with Crippen molar-refractivity contribution in [1.29, 1.82) is 0 Å². The summed E-state index contributed by atoms with van der Waals surface area (Å²) in [5.41, 5.74) is 1.28. The van der Waals surface area contributed by atoms with Crippen LogP contribution in [0.3, 0.4) is 0 Å². The molecule has 3 heterocycles. The largest absolute Gasteiger partial charge is 0.447 e. The lowest BCUT2D eigenvalue weighted by Gasteiger charge is -2.31. The minimum atomic E-state index is -0.731. The minimum absolute atomic E-state index is 0.0720. The van der Waals surface area contributed by atoms with Crippen LogP contribution in [0.2, 0.25) is 5.02 Å². The number of rotatable bonds is 7. The third-order valence-electron chi connectivity index (χ3n) is 5.48. The third kappa shape index (κ3) is 5.71. The standard InChI is InChI=1S/C24H28ClFN6O3/c1-14(16-10-28-31(12-16)18-8-6-17(25)7-9-18)29-22-27-11-19(26)21(30-22)32-20(13-34-23(32)33)15(2)35-24(3,4)5/h6-12,14-15,20H,13H2,1-5H3,(H,27,29,30)/t14-,15+,20+/m0/s1. The molecule has 1 aliphatic rings. The highest BCUT2D eigenvalue weighted by Crippen LogP contribution is 2.29. The Bertz CT molecular complexity index is 1200. The Kier molecular flexibility index (Phi) is 6.95. The van der Waals surface area contributed by atoms with E-state index in [1.165, 1.54) is 4.90 Å². The van der Waals surface area contributed by atoms with Crippen LogP contribution in [-0.4, -0.2) is 50.2 Å². The number of hydrogen-bond donors (Lipinski definition) is 1. The van der Waals surface area contributed by atoms with Gasteiger partial charge in [-0.15, -0.1) is 0 Å². The van der Waals surface area contributed by atoms with Crippen molar-refractivity contribution in [2.24, 2.45) is 0 Å². The van der Waals surface area contributed by atoms with E-state index >= 15 is 0 Å². The van der Waals surface area contributed by atoms with Gasteiger partial charge in [0.25, 0.3) is 0 Å². The van der Waals surface area contributed by atoms with Gasteiger partial charge in [-0.3, -0.25) is 0 Å². The Morgan fingerprint density at radius 2 is 1.94 bits per heavy atom. The molecule has 186 valence electrons. The molecule has 3 aromatic rings. The van der Waals surface area contributed by atoms with Crippen molar-refractivity contribution in [3.05, 3.63) is 59.3 Å². The second-order valence-electron chi connectivity index (χ2n) is 9.38. The zero-order chi connectivity index (χ0) is 25.3. The molecule has 9 nitrogen and oxygen atoms in total. The number of carbonyl (C=O) groups is 1. The highest BCUT2D eigenvalue weighted by atomic mass is 35.5. The van der Waals surface area contributed by atoms with Gasteiger partial charge in [-0.05, 0) is 58.9 Å². The van der Waals surface area contributed by atoms with Crippen LogP contribution in [0.15, 0.2) is 42.9 Å². The number of benzene rings is 1. The van der Waals surface area contributed by atoms with Gasteiger partial charge in [-0.2, -0.15) is 10.1 Å². The smallest absolute Gasteiger partial charge is 0.416 e. The molecule has 0 aliphatic carbocycles. The molecule has 0 bridgehead atoms. The van der Waals surface area contributed by atoms with Crippen molar-refractivity contribution < 1.29 is 18.7 Å². The Balaban J connectivity index is 1.53. The SMILES string of the molecule is C[C@H](Nc1ncc(F)c(N2C(=O)OC[C@@H]2[C@@H](C)OC(C)(C)C)n1)c1cnn(-c2ccc(Cl)cc2)c1. The summed E-state index contributed by atoms with van der Waals surface area (Å²) in [7, 11) is 0. The van der Waals surface area contributed by atoms with Crippen molar-refractivity contribution in [1.82, 2.24) is 19.7 Å². The first-order chi connectivity index (χ1) is 16.5. The van der Waals surface area contributed by atoms with Crippen molar-refractivity contribution in [2.75, 3.05) is 16.8 Å². The average molecular weight is 503 g/mol. The number of anilines is 2. The molecule has 1 amide bonds. The van der Waals surface area contributed by atoms with Crippen molar-refractivity contribution in [3.63, 3.8) is 0 Å². The van der Waals surface area contributed by atoms with E-state index in [1.807, 2.05) is 52.9 Å². The van der Waals surface area contributed by atoms with Crippen molar-refractivity contribution in [3.8, 4) is 5.69 Å². The van der Waals surface area contributed by atoms with E-state index in [2.05, 4.69) is 20.4 Å². The molecule has 35 heavy (non-hydrogen) atoms. The molecule has 0 spiro atoms. The van der Waals surface area contributed by atoms with Crippen LogP contribution in [0, 0.1) is 5.82 Å². The summed E-state index contributed by atoms with van der Waals surface area (Å²) in [5.74, 6) is -0.732. The van der Waals surface area contributed by atoms with Crippen LogP contribution in [0.25, 0.3) is 5.69 Å². The van der Waals surface area contributed by atoms with E-state index in [1.54, 1.807) is 23.0 Å². The predicted molar refractivity (Wildman–Crippen MR) is 131 cm³/mol. The first kappa shape index (κ1) is 24.9. The van der Waals surface area contributed by atoms with Gasteiger partial charge in [0.2, 0.25) is 5.95 Å². The summed E-state index contributed by atoms with van der Waals surface area (Å²) in [6.45, 7) is 9.54. The molecule has 4 rings (SSSR count). The number of nitrogens with zero attached hydrogens (tertiary/aromatic N) is 5. The number of cyclic esters (lactones) is 1. The summed E-state index contributed by atoms with van der Waals surface area (Å²) in [4.78, 5) is 22.1. The van der Waals surface area contributed by atoms with Crippen LogP contribution in [0.1, 0.15) is 46.2 Å². The number of hydrogen-bond acceptors (Lipinski definition) is 7. The van der Waals surface area contributed by atoms with Crippen LogP contribution in [0.4, 0.5) is 21.0 Å². The second-order valence-corrected chi connectivity index (χ2v) is 9.81. The average Bonchev–Trinajstić information content (AvgIpc) is 3.42. The molecule has 11 heteroatoms. The number of carbonyl (C=O) groups excluding carboxylic acids is 1. The molecule has 2 aromatic heterocycles. The topological polar surface area (TPSA) is 94.4 Å². The molecular formula is C24H28ClFN6O3. The summed E-state index contributed by atoms with van der Waals surface area (Å²) in [6, 6.07) is 6.52. The van der Waals surface area contributed by atoms with Gasteiger partial charge in [-0.25, -0.2) is 23.8 Å². The lowest BCUT2D eigenvalue weighted by molar-refractivity contribution is -0.0618. The predicted octanol–water partition coefficient (Wildman–Crippen LogP) is 5.16. The summed E-state index contributed by atoms with van der Waals surface area (Å²) in [6.07, 6.45) is 3.53. The van der Waals surface area contributed by atoms with Crippen molar-refractivity contribution >= 4 is 29.5 Å². The fourth-order valence-corrected chi connectivity index (χ4v) is 3.96. The summed E-state index contributed by atoms with van der Waals surface area (Å²) in [5, 5.41) is 8.18. The zero-order valence-corrected chi connectivity index (χ0v) is 21.0. The fourth-order valence-electron chi connectivity index (χ4n) is 3.83. The van der Waals surface area contributed by atoms with Gasteiger partial charge >= 0.3 is 6.09 Å². The maximum absolute atomic E-state index is 14.8. The molecule has 1 aliphatic heterocycles. The molecule has 0 saturated carbocycles. The quantitative estimate of drug-likeness (QED) is 0.477. The molecule has 0 radical (unpaired) electrons. The van der Waals surface area contributed by atoms with Gasteiger partial charge in [0.05, 0.1) is 35.8 Å². The van der Waals surface area contributed by atoms with E-state index < -0.39 is 29.7 Å². The Morgan fingerprint density at radius 1 is 1.23 bits per heavy atom. The lowest BCUT2D eigenvalue weighted by Crippen LogP contribution is -2.45. The third-order valence-corrected chi connectivity index (χ3v) is 5.73. The fraction of sp³-hybridized carbons (Fsp3) is 0.417. The zero-order valence-electron chi connectivity index (χ0n) is 20.2. The highest BCUT2D eigenvalue weighted by Gasteiger charge is 2.41. The number of nitrogens with one attached hydrogen (secondary N) is 1. The number of ether oxygens (including phenoxy) is 2. The van der Waals surface area contributed by atoms with Crippen molar-refractivity contribution in [2.45, 2.75) is 58.4 Å². The number of amides is 1.